The minimum absolute atomic E-state index is 0.896. The first-order chi connectivity index (χ1) is 8.83. The molecule has 1 aromatic carbocycles. The number of rotatable bonds is 10. The van der Waals surface area contributed by atoms with E-state index in [1.165, 1.54) is 44.1 Å². The smallest absolute Gasteiger partial charge is 0.209 e. The highest BCUT2D eigenvalue weighted by atomic mass is 16.1. The van der Waals surface area contributed by atoms with E-state index < -0.39 is 0 Å². The second-order valence-corrected chi connectivity index (χ2v) is 4.94. The van der Waals surface area contributed by atoms with Crippen LogP contribution in [0, 0.1) is 0 Å². The average Bonchev–Trinajstić information content (AvgIpc) is 2.42. The van der Waals surface area contributed by atoms with Crippen molar-refractivity contribution in [1.82, 2.24) is 4.90 Å². The standard InChI is InChI=1S/C16H25NO/c1-17(15-18)14-10-5-3-2-4-7-11-16-12-8-6-9-13-16/h6,8-9,12-13,15H,2-5,7,10-11,14H2,1H3. The molecule has 1 rings (SSSR count). The molecule has 0 aliphatic heterocycles. The molecule has 100 valence electrons. The molecule has 0 atom stereocenters. The Hall–Kier alpha value is -1.31. The highest BCUT2D eigenvalue weighted by molar-refractivity contribution is 5.46. The Balaban J connectivity index is 1.89. The van der Waals surface area contributed by atoms with Crippen LogP contribution in [-0.2, 0) is 11.2 Å². The summed E-state index contributed by atoms with van der Waals surface area (Å²) in [5, 5.41) is 0. The highest BCUT2D eigenvalue weighted by Gasteiger charge is 1.95. The number of nitrogens with zero attached hydrogens (tertiary/aromatic N) is 1. The van der Waals surface area contributed by atoms with Crippen LogP contribution >= 0.6 is 0 Å². The van der Waals surface area contributed by atoms with Gasteiger partial charge in [0, 0.05) is 13.6 Å². The largest absolute Gasteiger partial charge is 0.348 e. The summed E-state index contributed by atoms with van der Waals surface area (Å²) in [6, 6.07) is 10.7. The molecule has 0 aromatic heterocycles. The summed E-state index contributed by atoms with van der Waals surface area (Å²) >= 11 is 0. The van der Waals surface area contributed by atoms with Crippen molar-refractivity contribution in [3.63, 3.8) is 0 Å². The Labute approximate surface area is 111 Å². The van der Waals surface area contributed by atoms with Gasteiger partial charge in [0.25, 0.3) is 0 Å². The average molecular weight is 247 g/mol. The first-order valence-corrected chi connectivity index (χ1v) is 7.02. The maximum atomic E-state index is 10.4. The third-order valence-corrected chi connectivity index (χ3v) is 3.25. The zero-order chi connectivity index (χ0) is 13.1. The van der Waals surface area contributed by atoms with Crippen molar-refractivity contribution in [2.75, 3.05) is 13.6 Å². The second kappa shape index (κ2) is 9.69. The molecule has 0 bridgehead atoms. The van der Waals surface area contributed by atoms with Crippen LogP contribution in [0.4, 0.5) is 0 Å². The van der Waals surface area contributed by atoms with Crippen LogP contribution in [-0.4, -0.2) is 24.9 Å². The summed E-state index contributed by atoms with van der Waals surface area (Å²) < 4.78 is 0. The van der Waals surface area contributed by atoms with Crippen LogP contribution < -0.4 is 0 Å². The monoisotopic (exact) mass is 247 g/mol. The lowest BCUT2D eigenvalue weighted by molar-refractivity contribution is -0.117. The van der Waals surface area contributed by atoms with Crippen molar-refractivity contribution >= 4 is 6.41 Å². The molecule has 0 saturated heterocycles. The number of benzene rings is 1. The van der Waals surface area contributed by atoms with Gasteiger partial charge < -0.3 is 4.90 Å². The van der Waals surface area contributed by atoms with Gasteiger partial charge in [-0.3, -0.25) is 4.79 Å². The van der Waals surface area contributed by atoms with Crippen molar-refractivity contribution in [2.45, 2.75) is 44.9 Å². The van der Waals surface area contributed by atoms with Crippen LogP contribution in [0.25, 0.3) is 0 Å². The summed E-state index contributed by atoms with van der Waals surface area (Å²) in [5.41, 5.74) is 1.45. The van der Waals surface area contributed by atoms with Gasteiger partial charge in [-0.05, 0) is 24.8 Å². The Morgan fingerprint density at radius 1 is 0.944 bits per heavy atom. The number of hydrogen-bond acceptors (Lipinski definition) is 1. The van der Waals surface area contributed by atoms with E-state index in [4.69, 9.17) is 0 Å². The van der Waals surface area contributed by atoms with Gasteiger partial charge >= 0.3 is 0 Å². The molecule has 2 nitrogen and oxygen atoms in total. The summed E-state index contributed by atoms with van der Waals surface area (Å²) in [6.45, 7) is 0.896. The molecule has 0 spiro atoms. The van der Waals surface area contributed by atoms with Gasteiger partial charge in [-0.2, -0.15) is 0 Å². The van der Waals surface area contributed by atoms with E-state index in [1.807, 2.05) is 7.05 Å². The summed E-state index contributed by atoms with van der Waals surface area (Å²) in [4.78, 5) is 12.1. The van der Waals surface area contributed by atoms with Gasteiger partial charge in [-0.25, -0.2) is 0 Å². The SMILES string of the molecule is CN(C=O)CCCCCCCCc1ccccc1. The lowest BCUT2D eigenvalue weighted by atomic mass is 10.0. The number of carbonyl (C=O) groups excluding carboxylic acids is 1. The normalized spacial score (nSPS) is 10.3. The molecular weight excluding hydrogens is 222 g/mol. The van der Waals surface area contributed by atoms with Gasteiger partial charge in [0.2, 0.25) is 6.41 Å². The molecule has 1 aromatic rings. The fourth-order valence-electron chi connectivity index (χ4n) is 2.09. The van der Waals surface area contributed by atoms with Crippen molar-refractivity contribution in [3.8, 4) is 0 Å². The van der Waals surface area contributed by atoms with E-state index >= 15 is 0 Å². The van der Waals surface area contributed by atoms with Crippen LogP contribution in [0.15, 0.2) is 30.3 Å². The molecule has 0 aliphatic rings. The second-order valence-electron chi connectivity index (χ2n) is 4.94. The van der Waals surface area contributed by atoms with E-state index in [9.17, 15) is 4.79 Å². The molecule has 2 heteroatoms. The first-order valence-electron chi connectivity index (χ1n) is 7.02. The predicted octanol–water partition coefficient (Wildman–Crippen LogP) is 3.66. The van der Waals surface area contributed by atoms with Crippen molar-refractivity contribution in [2.24, 2.45) is 0 Å². The maximum Gasteiger partial charge on any atom is 0.209 e. The number of amides is 1. The van der Waals surface area contributed by atoms with Gasteiger partial charge in [0.05, 0.1) is 0 Å². The zero-order valence-corrected chi connectivity index (χ0v) is 11.5. The Kier molecular flexibility index (Phi) is 7.94. The van der Waals surface area contributed by atoms with E-state index in [1.54, 1.807) is 4.90 Å². The molecule has 0 heterocycles. The Morgan fingerprint density at radius 3 is 2.22 bits per heavy atom. The summed E-state index contributed by atoms with van der Waals surface area (Å²) in [5.74, 6) is 0. The van der Waals surface area contributed by atoms with E-state index in [0.29, 0.717) is 0 Å². The Morgan fingerprint density at radius 2 is 1.56 bits per heavy atom. The first kappa shape index (κ1) is 14.7. The minimum atomic E-state index is 0.896. The third-order valence-electron chi connectivity index (χ3n) is 3.25. The lowest BCUT2D eigenvalue weighted by Crippen LogP contribution is -2.16. The predicted molar refractivity (Wildman–Crippen MR) is 76.5 cm³/mol. The van der Waals surface area contributed by atoms with Gasteiger partial charge in [-0.15, -0.1) is 0 Å². The molecule has 0 radical (unpaired) electrons. The molecular formula is C16H25NO. The number of aryl methyl sites for hydroxylation is 1. The topological polar surface area (TPSA) is 20.3 Å². The minimum Gasteiger partial charge on any atom is -0.348 e. The van der Waals surface area contributed by atoms with Gasteiger partial charge in [0.1, 0.15) is 0 Å². The van der Waals surface area contributed by atoms with Crippen LogP contribution in [0.5, 0.6) is 0 Å². The highest BCUT2D eigenvalue weighted by Crippen LogP contribution is 2.09. The van der Waals surface area contributed by atoms with Crippen LogP contribution in [0.3, 0.4) is 0 Å². The van der Waals surface area contributed by atoms with E-state index in [-0.39, 0.29) is 0 Å². The molecule has 0 saturated carbocycles. The number of hydrogen-bond donors (Lipinski definition) is 0. The molecule has 18 heavy (non-hydrogen) atoms. The van der Waals surface area contributed by atoms with Gasteiger partial charge in [-0.1, -0.05) is 56.0 Å². The van der Waals surface area contributed by atoms with Crippen molar-refractivity contribution in [3.05, 3.63) is 35.9 Å². The van der Waals surface area contributed by atoms with E-state index in [0.717, 1.165) is 19.4 Å². The molecule has 1 amide bonds. The quantitative estimate of drug-likeness (QED) is 0.456. The summed E-state index contributed by atoms with van der Waals surface area (Å²) in [7, 11) is 1.84. The Bertz CT molecular complexity index is 310. The third kappa shape index (κ3) is 7.10. The fourth-order valence-corrected chi connectivity index (χ4v) is 2.09. The van der Waals surface area contributed by atoms with E-state index in [2.05, 4.69) is 30.3 Å². The number of carbonyl (C=O) groups is 1. The zero-order valence-electron chi connectivity index (χ0n) is 11.5. The molecule has 0 N–H and O–H groups in total. The van der Waals surface area contributed by atoms with Crippen molar-refractivity contribution in [1.29, 1.82) is 0 Å². The van der Waals surface area contributed by atoms with Crippen LogP contribution in [0.1, 0.15) is 44.1 Å². The fraction of sp³-hybridized carbons (Fsp3) is 0.562. The van der Waals surface area contributed by atoms with Crippen LogP contribution in [0.2, 0.25) is 0 Å². The molecule has 0 aliphatic carbocycles. The number of unbranched alkanes of at least 4 members (excludes halogenated alkanes) is 5. The molecule has 0 fully saturated rings. The lowest BCUT2D eigenvalue weighted by Gasteiger charge is -2.09. The summed E-state index contributed by atoms with van der Waals surface area (Å²) in [6.07, 6.45) is 9.70. The van der Waals surface area contributed by atoms with Crippen molar-refractivity contribution < 1.29 is 4.79 Å². The van der Waals surface area contributed by atoms with Gasteiger partial charge in [0.15, 0.2) is 0 Å². The maximum absolute atomic E-state index is 10.4. The molecule has 0 unspecified atom stereocenters.